The lowest BCUT2D eigenvalue weighted by molar-refractivity contribution is -0.141. The van der Waals surface area contributed by atoms with Crippen molar-refractivity contribution >= 4 is 18.0 Å². The fourth-order valence-electron chi connectivity index (χ4n) is 2.77. The van der Waals surface area contributed by atoms with Gasteiger partial charge in [0.15, 0.2) is 5.79 Å². The molecule has 9 heteroatoms. The van der Waals surface area contributed by atoms with Gasteiger partial charge in [0.2, 0.25) is 5.88 Å². The Balaban J connectivity index is 1.84. The number of H-pyrrole nitrogens is 1. The molecule has 0 aromatic carbocycles. The van der Waals surface area contributed by atoms with E-state index in [9.17, 15) is 10.5 Å². The van der Waals surface area contributed by atoms with Crippen molar-refractivity contribution in [3.63, 3.8) is 0 Å². The highest BCUT2D eigenvalue weighted by Crippen LogP contribution is 2.31. The van der Waals surface area contributed by atoms with Crippen LogP contribution < -0.4 is 10.5 Å². The number of rotatable bonds is 4. The van der Waals surface area contributed by atoms with Gasteiger partial charge in [-0.05, 0) is 19.9 Å². The monoisotopic (exact) mass is 383 g/mol. The second kappa shape index (κ2) is 7.33. The average Bonchev–Trinajstić information content (AvgIpc) is 2.99. The van der Waals surface area contributed by atoms with Crippen LogP contribution in [0.4, 0.5) is 5.82 Å². The van der Waals surface area contributed by atoms with E-state index in [0.29, 0.717) is 30.2 Å². The Morgan fingerprint density at radius 3 is 2.67 bits per heavy atom. The third-order valence-corrected chi connectivity index (χ3v) is 4.28. The average molecular weight is 383 g/mol. The number of aromatic nitrogens is 2. The number of aromatic amines is 1. The largest absolute Gasteiger partial charge is 0.475 e. The van der Waals surface area contributed by atoms with E-state index in [-0.39, 0.29) is 27.7 Å². The zero-order chi connectivity index (χ0) is 19.6. The molecule has 0 spiro atoms. The molecule has 2 aromatic heterocycles. The summed E-state index contributed by atoms with van der Waals surface area (Å²) in [6, 6.07) is 7.37. The van der Waals surface area contributed by atoms with Crippen LogP contribution in [0.1, 0.15) is 25.0 Å². The van der Waals surface area contributed by atoms with Gasteiger partial charge in [-0.3, -0.25) is 0 Å². The molecule has 0 saturated carbocycles. The zero-order valence-electron chi connectivity index (χ0n) is 14.8. The van der Waals surface area contributed by atoms with Gasteiger partial charge in [0.25, 0.3) is 0 Å². The Labute approximate surface area is 161 Å². The van der Waals surface area contributed by atoms with Crippen LogP contribution in [0.5, 0.6) is 5.88 Å². The van der Waals surface area contributed by atoms with E-state index in [4.69, 9.17) is 32.2 Å². The second-order valence-corrected chi connectivity index (χ2v) is 6.77. The Morgan fingerprint density at radius 2 is 2.11 bits per heavy atom. The third kappa shape index (κ3) is 3.91. The highest BCUT2D eigenvalue weighted by atomic mass is 32.1. The standard InChI is InChI=1S/C18H17N5O3S/c1-18(2)25-9-11(26-18)8-24-14-4-3-10(7-22-14)15-12(5-19)16(21)23-17(27)13(15)6-20/h3-4,7,11H,8-9H2,1-2H3,(H3,21,23,27)/t11-/m1/s1. The van der Waals surface area contributed by atoms with Crippen molar-refractivity contribution in [1.29, 1.82) is 10.5 Å². The van der Waals surface area contributed by atoms with Crippen LogP contribution >= 0.6 is 12.2 Å². The highest BCUT2D eigenvalue weighted by Gasteiger charge is 2.33. The number of pyridine rings is 2. The molecule has 2 aromatic rings. The summed E-state index contributed by atoms with van der Waals surface area (Å²) in [5.74, 6) is -0.116. The summed E-state index contributed by atoms with van der Waals surface area (Å²) < 4.78 is 17.0. The Bertz CT molecular complexity index is 1000. The number of hydrogen-bond acceptors (Lipinski definition) is 8. The first-order valence-electron chi connectivity index (χ1n) is 8.11. The fraction of sp³-hybridized carbons (Fsp3) is 0.333. The molecular weight excluding hydrogens is 366 g/mol. The quantitative estimate of drug-likeness (QED) is 0.771. The molecule has 1 aliphatic heterocycles. The summed E-state index contributed by atoms with van der Waals surface area (Å²) in [5, 5.41) is 18.8. The molecule has 3 heterocycles. The molecule has 138 valence electrons. The molecule has 1 saturated heterocycles. The van der Waals surface area contributed by atoms with Crippen molar-refractivity contribution in [1.82, 2.24) is 9.97 Å². The van der Waals surface area contributed by atoms with Crippen LogP contribution in [-0.2, 0) is 9.47 Å². The van der Waals surface area contributed by atoms with Gasteiger partial charge >= 0.3 is 0 Å². The van der Waals surface area contributed by atoms with Crippen LogP contribution in [-0.4, -0.2) is 35.1 Å². The Hall–Kier alpha value is -2.98. The number of nitrogen functional groups attached to an aromatic ring is 1. The van der Waals surface area contributed by atoms with Gasteiger partial charge in [0.1, 0.15) is 40.9 Å². The van der Waals surface area contributed by atoms with Crippen LogP contribution in [0.25, 0.3) is 11.1 Å². The van der Waals surface area contributed by atoms with E-state index < -0.39 is 5.79 Å². The van der Waals surface area contributed by atoms with E-state index in [2.05, 4.69) is 9.97 Å². The lowest BCUT2D eigenvalue weighted by Gasteiger charge is -2.17. The smallest absolute Gasteiger partial charge is 0.213 e. The van der Waals surface area contributed by atoms with Crippen molar-refractivity contribution in [2.75, 3.05) is 18.9 Å². The maximum atomic E-state index is 9.42. The maximum absolute atomic E-state index is 9.42. The predicted molar refractivity (Wildman–Crippen MR) is 99.1 cm³/mol. The van der Waals surface area contributed by atoms with Gasteiger partial charge in [-0.15, -0.1) is 0 Å². The summed E-state index contributed by atoms with van der Waals surface area (Å²) in [4.78, 5) is 6.91. The van der Waals surface area contributed by atoms with E-state index >= 15 is 0 Å². The minimum absolute atomic E-state index is 0.109. The minimum atomic E-state index is -0.612. The molecule has 27 heavy (non-hydrogen) atoms. The SMILES string of the molecule is CC1(C)OC[C@@H](COc2ccc(-c3c(C#N)c(N)[nH]c(=S)c3C#N)cn2)O1. The van der Waals surface area contributed by atoms with Crippen molar-refractivity contribution in [3.05, 3.63) is 34.1 Å². The molecule has 0 amide bonds. The molecule has 3 rings (SSSR count). The maximum Gasteiger partial charge on any atom is 0.213 e. The van der Waals surface area contributed by atoms with E-state index in [0.717, 1.165) is 0 Å². The molecule has 0 bridgehead atoms. The van der Waals surface area contributed by atoms with Gasteiger partial charge < -0.3 is 24.9 Å². The number of ether oxygens (including phenoxy) is 3. The van der Waals surface area contributed by atoms with Crippen LogP contribution in [0.2, 0.25) is 0 Å². The first-order chi connectivity index (χ1) is 12.8. The topological polar surface area (TPSA) is 130 Å². The van der Waals surface area contributed by atoms with Gasteiger partial charge in [-0.1, -0.05) is 12.2 Å². The van der Waals surface area contributed by atoms with Crippen LogP contribution in [0, 0.1) is 27.3 Å². The molecule has 0 aliphatic carbocycles. The molecule has 3 N–H and O–H groups in total. The van der Waals surface area contributed by atoms with E-state index in [1.807, 2.05) is 26.0 Å². The number of anilines is 1. The number of nitrogens with zero attached hydrogens (tertiary/aromatic N) is 3. The second-order valence-electron chi connectivity index (χ2n) is 6.36. The fourth-order valence-corrected chi connectivity index (χ4v) is 3.03. The van der Waals surface area contributed by atoms with Gasteiger partial charge in [-0.25, -0.2) is 4.98 Å². The number of nitrogens with two attached hydrogens (primary N) is 1. The first-order valence-corrected chi connectivity index (χ1v) is 8.52. The molecule has 0 radical (unpaired) electrons. The number of hydrogen-bond donors (Lipinski definition) is 2. The van der Waals surface area contributed by atoms with Crippen LogP contribution in [0.15, 0.2) is 18.3 Å². The molecule has 1 atom stereocenters. The first kappa shape index (κ1) is 18.8. The molecule has 1 aliphatic rings. The highest BCUT2D eigenvalue weighted by molar-refractivity contribution is 7.71. The number of nitrogens with one attached hydrogen (secondary N) is 1. The lowest BCUT2D eigenvalue weighted by Crippen LogP contribution is -2.25. The van der Waals surface area contributed by atoms with E-state index in [1.165, 1.54) is 6.20 Å². The summed E-state index contributed by atoms with van der Waals surface area (Å²) in [7, 11) is 0. The summed E-state index contributed by atoms with van der Waals surface area (Å²) in [6.07, 6.45) is 1.33. The minimum Gasteiger partial charge on any atom is -0.475 e. The van der Waals surface area contributed by atoms with Crippen molar-refractivity contribution < 1.29 is 14.2 Å². The van der Waals surface area contributed by atoms with Gasteiger partial charge in [-0.2, -0.15) is 10.5 Å². The molecule has 0 unspecified atom stereocenters. The van der Waals surface area contributed by atoms with Crippen LogP contribution in [0.3, 0.4) is 0 Å². The normalized spacial score (nSPS) is 17.9. The van der Waals surface area contributed by atoms with Crippen molar-refractivity contribution in [2.24, 2.45) is 0 Å². The van der Waals surface area contributed by atoms with Crippen molar-refractivity contribution in [2.45, 2.75) is 25.7 Å². The summed E-state index contributed by atoms with van der Waals surface area (Å²) in [6.45, 7) is 4.43. The summed E-state index contributed by atoms with van der Waals surface area (Å²) >= 11 is 5.14. The molecule has 8 nitrogen and oxygen atoms in total. The Morgan fingerprint density at radius 1 is 1.37 bits per heavy atom. The lowest BCUT2D eigenvalue weighted by atomic mass is 9.98. The number of nitriles is 2. The molecule has 1 fully saturated rings. The van der Waals surface area contributed by atoms with E-state index in [1.54, 1.807) is 12.1 Å². The van der Waals surface area contributed by atoms with Gasteiger partial charge in [0.05, 0.1) is 12.2 Å². The predicted octanol–water partition coefficient (Wildman–Crippen LogP) is 2.66. The van der Waals surface area contributed by atoms with Gasteiger partial charge in [0, 0.05) is 23.4 Å². The van der Waals surface area contributed by atoms with Crippen molar-refractivity contribution in [3.8, 4) is 29.1 Å². The molecular formula is C18H17N5O3S. The third-order valence-electron chi connectivity index (χ3n) is 3.98. The summed E-state index contributed by atoms with van der Waals surface area (Å²) in [5.41, 5.74) is 7.06. The zero-order valence-corrected chi connectivity index (χ0v) is 15.6. The Kier molecular flexibility index (Phi) is 5.10.